The van der Waals surface area contributed by atoms with Gasteiger partial charge in [-0.05, 0) is 65.0 Å². The number of nitrogens with one attached hydrogen (secondary N) is 1. The highest BCUT2D eigenvalue weighted by atomic mass is 16.5. The molecule has 1 fully saturated rings. The van der Waals surface area contributed by atoms with Crippen molar-refractivity contribution in [2.75, 3.05) is 13.2 Å². The van der Waals surface area contributed by atoms with Crippen LogP contribution >= 0.6 is 0 Å². The van der Waals surface area contributed by atoms with E-state index in [4.69, 9.17) is 9.15 Å². The van der Waals surface area contributed by atoms with Gasteiger partial charge in [0.1, 0.15) is 11.5 Å². The number of furan rings is 1. The molecule has 0 amide bonds. The highest BCUT2D eigenvalue weighted by Gasteiger charge is 2.32. The van der Waals surface area contributed by atoms with Gasteiger partial charge in [-0.15, -0.1) is 0 Å². The van der Waals surface area contributed by atoms with Gasteiger partial charge in [0.25, 0.3) is 0 Å². The Morgan fingerprint density at radius 3 is 2.65 bits per heavy atom. The predicted molar refractivity (Wildman–Crippen MR) is 82.0 cm³/mol. The number of aryl methyl sites for hydroxylation is 2. The summed E-state index contributed by atoms with van der Waals surface area (Å²) < 4.78 is 11.4. The molecule has 1 aromatic rings. The summed E-state index contributed by atoms with van der Waals surface area (Å²) in [6, 6.07) is 2.63. The molecule has 0 radical (unpaired) electrons. The first-order valence-electron chi connectivity index (χ1n) is 8.05. The van der Waals surface area contributed by atoms with Gasteiger partial charge < -0.3 is 14.5 Å². The summed E-state index contributed by atoms with van der Waals surface area (Å²) in [7, 11) is 0. The highest BCUT2D eigenvalue weighted by Crippen LogP contribution is 2.38. The van der Waals surface area contributed by atoms with Crippen LogP contribution in [0, 0.1) is 19.8 Å². The molecule has 1 aliphatic rings. The number of hydrogen-bond acceptors (Lipinski definition) is 3. The second-order valence-electron chi connectivity index (χ2n) is 6.03. The third-order valence-electron chi connectivity index (χ3n) is 4.26. The van der Waals surface area contributed by atoms with E-state index in [1.54, 1.807) is 0 Å². The van der Waals surface area contributed by atoms with Gasteiger partial charge in [-0.25, -0.2) is 0 Å². The summed E-state index contributed by atoms with van der Waals surface area (Å²) in [5.74, 6) is 2.87. The fraction of sp³-hybridized carbons (Fsp3) is 0.765. The Labute approximate surface area is 123 Å². The minimum absolute atomic E-state index is 0.431. The Kier molecular flexibility index (Phi) is 5.67. The van der Waals surface area contributed by atoms with E-state index in [2.05, 4.69) is 32.2 Å². The molecule has 3 heteroatoms. The van der Waals surface area contributed by atoms with E-state index in [1.807, 2.05) is 6.92 Å². The molecule has 1 N–H and O–H groups in total. The van der Waals surface area contributed by atoms with Gasteiger partial charge in [-0.2, -0.15) is 0 Å². The van der Waals surface area contributed by atoms with Crippen LogP contribution in [-0.2, 0) is 4.74 Å². The maximum absolute atomic E-state index is 5.70. The summed E-state index contributed by atoms with van der Waals surface area (Å²) in [6.45, 7) is 10.3. The van der Waals surface area contributed by atoms with Crippen LogP contribution in [0.4, 0.5) is 0 Å². The highest BCUT2D eigenvalue weighted by molar-refractivity contribution is 5.24. The molecular formula is C17H29NO2. The van der Waals surface area contributed by atoms with E-state index in [-0.39, 0.29) is 0 Å². The van der Waals surface area contributed by atoms with Crippen molar-refractivity contribution in [1.82, 2.24) is 5.32 Å². The summed E-state index contributed by atoms with van der Waals surface area (Å²) in [5, 5.41) is 3.69. The quantitative estimate of drug-likeness (QED) is 0.776. The maximum atomic E-state index is 5.70. The SMILES string of the molecule is CCCNC(CC1CC(OCC)C1)c1cc(C)oc1C. The molecule has 1 aromatic heterocycles. The average molecular weight is 279 g/mol. The van der Waals surface area contributed by atoms with Crippen LogP contribution in [0.5, 0.6) is 0 Å². The smallest absolute Gasteiger partial charge is 0.105 e. The Bertz CT molecular complexity index is 407. The van der Waals surface area contributed by atoms with Gasteiger partial charge in [0.2, 0.25) is 0 Å². The van der Waals surface area contributed by atoms with Crippen molar-refractivity contribution in [2.45, 2.75) is 65.5 Å². The lowest BCUT2D eigenvalue weighted by molar-refractivity contribution is -0.0291. The molecule has 114 valence electrons. The molecule has 0 aromatic carbocycles. The van der Waals surface area contributed by atoms with Crippen LogP contribution in [0.25, 0.3) is 0 Å². The molecule has 1 atom stereocenters. The van der Waals surface area contributed by atoms with Crippen molar-refractivity contribution >= 4 is 0 Å². The molecule has 2 rings (SSSR count). The number of hydrogen-bond donors (Lipinski definition) is 1. The third kappa shape index (κ3) is 3.86. The minimum Gasteiger partial charge on any atom is -0.466 e. The molecule has 1 unspecified atom stereocenters. The topological polar surface area (TPSA) is 34.4 Å². The molecule has 3 nitrogen and oxygen atoms in total. The van der Waals surface area contributed by atoms with Crippen LogP contribution in [-0.4, -0.2) is 19.3 Å². The van der Waals surface area contributed by atoms with E-state index < -0.39 is 0 Å². The van der Waals surface area contributed by atoms with Crippen LogP contribution in [0.2, 0.25) is 0 Å². The van der Waals surface area contributed by atoms with Crippen LogP contribution in [0.1, 0.15) is 62.7 Å². The van der Waals surface area contributed by atoms with E-state index in [9.17, 15) is 0 Å². The molecule has 20 heavy (non-hydrogen) atoms. The van der Waals surface area contributed by atoms with Crippen LogP contribution in [0.15, 0.2) is 10.5 Å². The molecule has 0 aliphatic heterocycles. The molecule has 0 spiro atoms. The van der Waals surface area contributed by atoms with E-state index >= 15 is 0 Å². The number of ether oxygens (including phenoxy) is 1. The minimum atomic E-state index is 0.431. The summed E-state index contributed by atoms with van der Waals surface area (Å²) >= 11 is 0. The fourth-order valence-corrected chi connectivity index (χ4v) is 3.21. The fourth-order valence-electron chi connectivity index (χ4n) is 3.21. The van der Waals surface area contributed by atoms with Crippen LogP contribution in [0.3, 0.4) is 0 Å². The van der Waals surface area contributed by atoms with Crippen molar-refractivity contribution in [3.8, 4) is 0 Å². The normalized spacial score (nSPS) is 23.6. The first kappa shape index (κ1) is 15.6. The largest absolute Gasteiger partial charge is 0.466 e. The second-order valence-corrected chi connectivity index (χ2v) is 6.03. The summed E-state index contributed by atoms with van der Waals surface area (Å²) in [4.78, 5) is 0. The molecular weight excluding hydrogens is 250 g/mol. The predicted octanol–water partition coefficient (Wildman–Crippen LogP) is 4.14. The zero-order chi connectivity index (χ0) is 14.5. The first-order chi connectivity index (χ1) is 9.63. The molecule has 1 heterocycles. The maximum Gasteiger partial charge on any atom is 0.105 e. The molecule has 1 saturated carbocycles. The van der Waals surface area contributed by atoms with Crippen molar-refractivity contribution in [3.05, 3.63) is 23.2 Å². The van der Waals surface area contributed by atoms with Gasteiger partial charge in [0.05, 0.1) is 6.10 Å². The van der Waals surface area contributed by atoms with Crippen molar-refractivity contribution in [1.29, 1.82) is 0 Å². The Hall–Kier alpha value is -0.800. The zero-order valence-corrected chi connectivity index (χ0v) is 13.4. The molecule has 0 saturated heterocycles. The van der Waals surface area contributed by atoms with Gasteiger partial charge in [-0.3, -0.25) is 0 Å². The van der Waals surface area contributed by atoms with Crippen molar-refractivity contribution in [2.24, 2.45) is 5.92 Å². The van der Waals surface area contributed by atoms with Crippen molar-refractivity contribution in [3.63, 3.8) is 0 Å². The standard InChI is InChI=1S/C17H29NO2/c1-5-7-18-17(16-8-12(3)20-13(16)4)11-14-9-15(10-14)19-6-2/h8,14-15,17-18H,5-7,9-11H2,1-4H3. The molecule has 1 aliphatic carbocycles. The Morgan fingerprint density at radius 1 is 1.35 bits per heavy atom. The Morgan fingerprint density at radius 2 is 2.10 bits per heavy atom. The van der Waals surface area contributed by atoms with E-state index in [0.29, 0.717) is 12.1 Å². The number of rotatable bonds is 8. The van der Waals surface area contributed by atoms with Gasteiger partial charge in [0, 0.05) is 18.2 Å². The second kappa shape index (κ2) is 7.28. The monoisotopic (exact) mass is 279 g/mol. The lowest BCUT2D eigenvalue weighted by Crippen LogP contribution is -2.35. The first-order valence-corrected chi connectivity index (χ1v) is 8.05. The summed E-state index contributed by atoms with van der Waals surface area (Å²) in [5.41, 5.74) is 1.34. The van der Waals surface area contributed by atoms with Gasteiger partial charge in [0.15, 0.2) is 0 Å². The lowest BCUT2D eigenvalue weighted by atomic mass is 9.77. The van der Waals surface area contributed by atoms with E-state index in [0.717, 1.165) is 30.6 Å². The lowest BCUT2D eigenvalue weighted by Gasteiger charge is -2.37. The van der Waals surface area contributed by atoms with Crippen LogP contribution < -0.4 is 5.32 Å². The Balaban J connectivity index is 1.93. The van der Waals surface area contributed by atoms with Crippen molar-refractivity contribution < 1.29 is 9.15 Å². The average Bonchev–Trinajstić information content (AvgIpc) is 2.70. The zero-order valence-electron chi connectivity index (χ0n) is 13.4. The third-order valence-corrected chi connectivity index (χ3v) is 4.26. The van der Waals surface area contributed by atoms with Gasteiger partial charge in [-0.1, -0.05) is 6.92 Å². The molecule has 0 bridgehead atoms. The summed E-state index contributed by atoms with van der Waals surface area (Å²) in [6.07, 6.45) is 5.30. The van der Waals surface area contributed by atoms with Gasteiger partial charge >= 0.3 is 0 Å². The van der Waals surface area contributed by atoms with E-state index in [1.165, 1.54) is 31.2 Å².